The van der Waals surface area contributed by atoms with E-state index in [4.69, 9.17) is 0 Å². The van der Waals surface area contributed by atoms with Gasteiger partial charge in [0.25, 0.3) is 0 Å². The number of rotatable bonds is 4. The van der Waals surface area contributed by atoms with Crippen LogP contribution in [0.3, 0.4) is 0 Å². The zero-order valence-electron chi connectivity index (χ0n) is 16.0. The van der Waals surface area contributed by atoms with Crippen LogP contribution in [-0.2, 0) is 11.8 Å². The monoisotopic (exact) mass is 349 g/mol. The Hall–Kier alpha value is -1.80. The minimum Gasteiger partial charge on any atom is -0.508 e. The topological polar surface area (TPSA) is 23.5 Å². The Bertz CT molecular complexity index is 738. The molecule has 4 rings (SSSR count). The van der Waals surface area contributed by atoms with Gasteiger partial charge in [-0.2, -0.15) is 0 Å². The van der Waals surface area contributed by atoms with Crippen LogP contribution >= 0.6 is 0 Å². The summed E-state index contributed by atoms with van der Waals surface area (Å²) < 4.78 is 0. The van der Waals surface area contributed by atoms with E-state index in [0.29, 0.717) is 5.75 Å². The van der Waals surface area contributed by atoms with Gasteiger partial charge in [-0.3, -0.25) is 0 Å². The lowest BCUT2D eigenvalue weighted by molar-refractivity contribution is 0.0568. The number of phenolic OH excluding ortho intramolecular Hbond substituents is 1. The molecule has 2 aliphatic rings. The summed E-state index contributed by atoms with van der Waals surface area (Å²) in [7, 11) is 0. The Labute approximate surface area is 157 Å². The first-order chi connectivity index (χ1) is 12.7. The number of fused-ring (bicyclic) bond motifs is 1. The molecule has 0 radical (unpaired) electrons. The van der Waals surface area contributed by atoms with Gasteiger partial charge in [0.1, 0.15) is 5.75 Å². The van der Waals surface area contributed by atoms with Crippen molar-refractivity contribution in [3.05, 3.63) is 65.2 Å². The second-order valence-electron chi connectivity index (χ2n) is 8.44. The highest BCUT2D eigenvalue weighted by atomic mass is 16.3. The zero-order chi connectivity index (χ0) is 18.0. The lowest BCUT2D eigenvalue weighted by atomic mass is 9.59. The summed E-state index contributed by atoms with van der Waals surface area (Å²) in [5, 5.41) is 10.0. The van der Waals surface area contributed by atoms with Crippen molar-refractivity contribution in [3.8, 4) is 5.75 Å². The van der Waals surface area contributed by atoms with Gasteiger partial charge in [-0.05, 0) is 68.3 Å². The van der Waals surface area contributed by atoms with E-state index in [0.717, 1.165) is 18.9 Å². The number of aryl methyl sites for hydroxylation is 1. The fourth-order valence-electron chi connectivity index (χ4n) is 5.25. The molecular formula is C24H31NO. The second kappa shape index (κ2) is 7.44. The molecule has 26 heavy (non-hydrogen) atoms. The summed E-state index contributed by atoms with van der Waals surface area (Å²) in [6.45, 7) is 5.70. The minimum absolute atomic E-state index is 0.289. The summed E-state index contributed by atoms with van der Waals surface area (Å²) in [5.41, 5.74) is 4.45. The summed E-state index contributed by atoms with van der Waals surface area (Å²) in [6, 6.07) is 17.1. The molecule has 1 saturated heterocycles. The van der Waals surface area contributed by atoms with Crippen molar-refractivity contribution >= 4 is 0 Å². The van der Waals surface area contributed by atoms with Crippen molar-refractivity contribution < 1.29 is 5.11 Å². The zero-order valence-corrected chi connectivity index (χ0v) is 16.0. The number of piperidine rings is 1. The molecule has 1 aliphatic heterocycles. The Morgan fingerprint density at radius 3 is 2.73 bits per heavy atom. The molecule has 0 amide bonds. The molecule has 2 fully saturated rings. The standard InChI is InChI=1S/C24H31NO/c1-19-8-10-20(11-9-19)12-15-25-16-14-24(13-3-2-5-22(24)18-25)21-6-4-7-23(26)17-21/h4,6-11,17,22,26H,2-3,5,12-16,18H2,1H3/t22-,24-/m0/s1. The van der Waals surface area contributed by atoms with Crippen molar-refractivity contribution in [1.82, 2.24) is 4.90 Å². The maximum absolute atomic E-state index is 10.0. The van der Waals surface area contributed by atoms with Crippen molar-refractivity contribution in [1.29, 1.82) is 0 Å². The van der Waals surface area contributed by atoms with Gasteiger partial charge < -0.3 is 10.0 Å². The van der Waals surface area contributed by atoms with E-state index in [2.05, 4.69) is 42.2 Å². The molecule has 1 aliphatic carbocycles. The molecule has 1 saturated carbocycles. The van der Waals surface area contributed by atoms with Gasteiger partial charge in [0.15, 0.2) is 0 Å². The van der Waals surface area contributed by atoms with E-state index >= 15 is 0 Å². The highest BCUT2D eigenvalue weighted by Gasteiger charge is 2.45. The molecule has 2 aromatic carbocycles. The van der Waals surface area contributed by atoms with Crippen LogP contribution in [0.2, 0.25) is 0 Å². The Morgan fingerprint density at radius 2 is 1.92 bits per heavy atom. The van der Waals surface area contributed by atoms with Crippen LogP contribution in [0, 0.1) is 12.8 Å². The highest BCUT2D eigenvalue weighted by Crippen LogP contribution is 2.49. The molecule has 2 aromatic rings. The van der Waals surface area contributed by atoms with Crippen LogP contribution in [0.1, 0.15) is 48.8 Å². The predicted molar refractivity (Wildman–Crippen MR) is 108 cm³/mol. The molecule has 1 heterocycles. The molecular weight excluding hydrogens is 318 g/mol. The van der Waals surface area contributed by atoms with E-state index in [1.165, 1.54) is 61.9 Å². The lowest BCUT2D eigenvalue weighted by Crippen LogP contribution is -2.51. The number of aromatic hydroxyl groups is 1. The summed E-state index contributed by atoms with van der Waals surface area (Å²) in [4.78, 5) is 2.68. The fraction of sp³-hybridized carbons (Fsp3) is 0.500. The lowest BCUT2D eigenvalue weighted by Gasteiger charge is -2.51. The number of phenols is 1. The molecule has 2 nitrogen and oxygen atoms in total. The fourth-order valence-corrected chi connectivity index (χ4v) is 5.25. The summed E-state index contributed by atoms with van der Waals surface area (Å²) in [6.07, 6.45) is 7.68. The molecule has 0 aromatic heterocycles. The first-order valence-corrected chi connectivity index (χ1v) is 10.2. The first kappa shape index (κ1) is 17.6. The van der Waals surface area contributed by atoms with Crippen LogP contribution in [0.25, 0.3) is 0 Å². The quantitative estimate of drug-likeness (QED) is 0.832. The SMILES string of the molecule is Cc1ccc(CCN2CC[C@]3(c4cccc(O)c4)CCCC[C@H]3C2)cc1. The Morgan fingerprint density at radius 1 is 1.08 bits per heavy atom. The third kappa shape index (κ3) is 3.53. The van der Waals surface area contributed by atoms with Gasteiger partial charge in [-0.15, -0.1) is 0 Å². The van der Waals surface area contributed by atoms with Gasteiger partial charge >= 0.3 is 0 Å². The van der Waals surface area contributed by atoms with E-state index in [9.17, 15) is 5.11 Å². The third-order valence-corrected chi connectivity index (χ3v) is 6.82. The van der Waals surface area contributed by atoms with Gasteiger partial charge in [-0.25, -0.2) is 0 Å². The maximum Gasteiger partial charge on any atom is 0.115 e. The normalized spacial score (nSPS) is 26.4. The summed E-state index contributed by atoms with van der Waals surface area (Å²) >= 11 is 0. The average molecular weight is 350 g/mol. The van der Waals surface area contributed by atoms with Crippen LogP contribution in [0.5, 0.6) is 5.75 Å². The van der Waals surface area contributed by atoms with E-state index < -0.39 is 0 Å². The number of hydrogen-bond acceptors (Lipinski definition) is 2. The third-order valence-electron chi connectivity index (χ3n) is 6.82. The number of likely N-dealkylation sites (tertiary alicyclic amines) is 1. The molecule has 0 spiro atoms. The van der Waals surface area contributed by atoms with E-state index in [1.54, 1.807) is 6.07 Å². The van der Waals surface area contributed by atoms with Crippen molar-refractivity contribution in [2.45, 2.75) is 50.9 Å². The molecule has 138 valence electrons. The number of hydrogen-bond donors (Lipinski definition) is 1. The van der Waals surface area contributed by atoms with Crippen molar-refractivity contribution in [2.24, 2.45) is 5.92 Å². The molecule has 0 bridgehead atoms. The maximum atomic E-state index is 10.0. The molecule has 2 atom stereocenters. The van der Waals surface area contributed by atoms with Gasteiger partial charge in [0, 0.05) is 18.5 Å². The second-order valence-corrected chi connectivity index (χ2v) is 8.44. The first-order valence-electron chi connectivity index (χ1n) is 10.2. The summed E-state index contributed by atoms with van der Waals surface area (Å²) in [5.74, 6) is 1.15. The van der Waals surface area contributed by atoms with Crippen LogP contribution in [0.15, 0.2) is 48.5 Å². The predicted octanol–water partition coefficient (Wildman–Crippen LogP) is 5.08. The smallest absolute Gasteiger partial charge is 0.115 e. The van der Waals surface area contributed by atoms with Crippen molar-refractivity contribution in [3.63, 3.8) is 0 Å². The van der Waals surface area contributed by atoms with Gasteiger partial charge in [0.2, 0.25) is 0 Å². The number of nitrogens with zero attached hydrogens (tertiary/aromatic N) is 1. The van der Waals surface area contributed by atoms with Gasteiger partial charge in [0.05, 0.1) is 0 Å². The van der Waals surface area contributed by atoms with Gasteiger partial charge in [-0.1, -0.05) is 54.8 Å². The Balaban J connectivity index is 1.46. The Kier molecular flexibility index (Phi) is 5.04. The number of benzene rings is 2. The van der Waals surface area contributed by atoms with Crippen LogP contribution < -0.4 is 0 Å². The van der Waals surface area contributed by atoms with E-state index in [1.807, 2.05) is 12.1 Å². The minimum atomic E-state index is 0.289. The van der Waals surface area contributed by atoms with Crippen LogP contribution in [-0.4, -0.2) is 29.6 Å². The molecule has 1 N–H and O–H groups in total. The van der Waals surface area contributed by atoms with Crippen molar-refractivity contribution in [2.75, 3.05) is 19.6 Å². The molecule has 2 heteroatoms. The van der Waals surface area contributed by atoms with E-state index in [-0.39, 0.29) is 5.41 Å². The highest BCUT2D eigenvalue weighted by molar-refractivity contribution is 5.35. The molecule has 0 unspecified atom stereocenters. The largest absolute Gasteiger partial charge is 0.508 e. The van der Waals surface area contributed by atoms with Crippen LogP contribution in [0.4, 0.5) is 0 Å². The average Bonchev–Trinajstić information content (AvgIpc) is 2.67.